The second-order valence-electron chi connectivity index (χ2n) is 5.31. The third kappa shape index (κ3) is 3.59. The molecule has 0 aromatic carbocycles. The van der Waals surface area contributed by atoms with Crippen LogP contribution in [0.1, 0.15) is 27.7 Å². The van der Waals surface area contributed by atoms with Crippen LogP contribution in [0.5, 0.6) is 0 Å². The predicted molar refractivity (Wildman–Crippen MR) is 57.7 cm³/mol. The number of hydrogen-bond acceptors (Lipinski definition) is 3. The number of carboxylic acid groups (broad SMARTS) is 1. The number of carboxylic acids is 1. The van der Waals surface area contributed by atoms with Gasteiger partial charge in [0.15, 0.2) is 5.54 Å². The van der Waals surface area contributed by atoms with Gasteiger partial charge >= 0.3 is 12.1 Å². The molecule has 4 N–H and O–H groups in total. The zero-order chi connectivity index (χ0) is 14.9. The van der Waals surface area contributed by atoms with E-state index in [2.05, 4.69) is 0 Å². The monoisotopic (exact) mass is 270 g/mol. The molecule has 0 radical (unpaired) electrons. The normalized spacial score (nSPS) is 17.8. The van der Waals surface area contributed by atoms with Crippen molar-refractivity contribution >= 4 is 11.9 Å². The smallest absolute Gasteiger partial charge is 0.415 e. The number of rotatable bonds is 3. The number of halogens is 3. The summed E-state index contributed by atoms with van der Waals surface area (Å²) in [6.45, 7) is 4.93. The number of aliphatic carboxylic acids is 1. The Bertz CT molecular complexity index is 345. The zero-order valence-corrected chi connectivity index (χ0v) is 10.6. The van der Waals surface area contributed by atoms with Crippen molar-refractivity contribution in [3.63, 3.8) is 0 Å². The van der Waals surface area contributed by atoms with Crippen LogP contribution < -0.4 is 11.1 Å². The highest BCUT2D eigenvalue weighted by Crippen LogP contribution is 2.29. The number of carbonyl (C=O) groups excluding carboxylic acids is 1. The molecule has 2 atom stereocenters. The van der Waals surface area contributed by atoms with E-state index < -0.39 is 35.0 Å². The van der Waals surface area contributed by atoms with Crippen molar-refractivity contribution in [2.75, 3.05) is 0 Å². The van der Waals surface area contributed by atoms with Gasteiger partial charge < -0.3 is 16.2 Å². The fourth-order valence-electron chi connectivity index (χ4n) is 1.06. The maximum absolute atomic E-state index is 12.5. The van der Waals surface area contributed by atoms with Gasteiger partial charge in [-0.1, -0.05) is 20.8 Å². The van der Waals surface area contributed by atoms with Gasteiger partial charge in [0.2, 0.25) is 5.91 Å². The lowest BCUT2D eigenvalue weighted by Crippen LogP contribution is -2.64. The van der Waals surface area contributed by atoms with Gasteiger partial charge in [-0.05, 0) is 12.3 Å². The molecule has 0 spiro atoms. The molecule has 0 rings (SSSR count). The summed E-state index contributed by atoms with van der Waals surface area (Å²) in [5.41, 5.74) is 0.825. The highest BCUT2D eigenvalue weighted by molar-refractivity contribution is 5.90. The Kier molecular flexibility index (Phi) is 4.41. The Balaban J connectivity index is 5.11. The molecular weight excluding hydrogens is 253 g/mol. The average Bonchev–Trinajstić information content (AvgIpc) is 2.08. The number of nitrogens with two attached hydrogens (primary N) is 1. The number of amides is 1. The maximum Gasteiger partial charge on any atom is 0.415 e. The van der Waals surface area contributed by atoms with E-state index in [0.29, 0.717) is 6.92 Å². The Morgan fingerprint density at radius 1 is 1.17 bits per heavy atom. The summed E-state index contributed by atoms with van der Waals surface area (Å²) in [7, 11) is 0. The summed E-state index contributed by atoms with van der Waals surface area (Å²) in [5.74, 6) is -2.99. The van der Waals surface area contributed by atoms with Crippen molar-refractivity contribution in [3.8, 4) is 0 Å². The van der Waals surface area contributed by atoms with E-state index in [1.54, 1.807) is 0 Å². The molecule has 8 heteroatoms. The van der Waals surface area contributed by atoms with Crippen LogP contribution in [0.25, 0.3) is 0 Å². The van der Waals surface area contributed by atoms with Crippen LogP contribution in [0.15, 0.2) is 0 Å². The lowest BCUT2D eigenvalue weighted by Gasteiger charge is -2.32. The van der Waals surface area contributed by atoms with Gasteiger partial charge in [-0.3, -0.25) is 4.79 Å². The van der Waals surface area contributed by atoms with Crippen molar-refractivity contribution in [2.24, 2.45) is 11.1 Å². The van der Waals surface area contributed by atoms with Crippen LogP contribution in [0.2, 0.25) is 0 Å². The molecule has 0 fully saturated rings. The molecule has 18 heavy (non-hydrogen) atoms. The molecule has 0 aromatic rings. The van der Waals surface area contributed by atoms with Gasteiger partial charge in [0.25, 0.3) is 0 Å². The van der Waals surface area contributed by atoms with Gasteiger partial charge in [-0.15, -0.1) is 0 Å². The molecule has 0 aliphatic heterocycles. The molecule has 0 aromatic heterocycles. The minimum atomic E-state index is -4.96. The van der Waals surface area contributed by atoms with Crippen LogP contribution in [-0.4, -0.2) is 34.7 Å². The average molecular weight is 270 g/mol. The van der Waals surface area contributed by atoms with Crippen LogP contribution in [-0.2, 0) is 9.59 Å². The fourth-order valence-corrected chi connectivity index (χ4v) is 1.06. The van der Waals surface area contributed by atoms with Crippen LogP contribution >= 0.6 is 0 Å². The molecule has 0 saturated heterocycles. The number of carbonyl (C=O) groups is 2. The zero-order valence-electron chi connectivity index (χ0n) is 10.6. The molecule has 0 saturated carbocycles. The van der Waals surface area contributed by atoms with Crippen molar-refractivity contribution < 1.29 is 27.9 Å². The quantitative estimate of drug-likeness (QED) is 0.710. The third-order valence-corrected chi connectivity index (χ3v) is 2.45. The summed E-state index contributed by atoms with van der Waals surface area (Å²) < 4.78 is 37.5. The van der Waals surface area contributed by atoms with E-state index in [1.165, 1.54) is 20.8 Å². The summed E-state index contributed by atoms with van der Waals surface area (Å²) in [6, 6.07) is -1.46. The van der Waals surface area contributed by atoms with Crippen molar-refractivity contribution in [2.45, 2.75) is 45.5 Å². The first-order valence-electron chi connectivity index (χ1n) is 5.10. The van der Waals surface area contributed by atoms with E-state index in [0.717, 1.165) is 0 Å². The van der Waals surface area contributed by atoms with Gasteiger partial charge in [0, 0.05) is 0 Å². The maximum atomic E-state index is 12.5. The van der Waals surface area contributed by atoms with Gasteiger partial charge in [0.05, 0.1) is 0 Å². The Labute approximate surface area is 103 Å². The first-order valence-corrected chi connectivity index (χ1v) is 5.10. The summed E-state index contributed by atoms with van der Waals surface area (Å²) in [4.78, 5) is 22.4. The van der Waals surface area contributed by atoms with Crippen LogP contribution in [0, 0.1) is 5.41 Å². The lowest BCUT2D eigenvalue weighted by atomic mass is 9.86. The van der Waals surface area contributed by atoms with E-state index in [9.17, 15) is 22.8 Å². The molecular formula is C10H17F3N2O3. The molecule has 1 amide bonds. The topological polar surface area (TPSA) is 92.4 Å². The van der Waals surface area contributed by atoms with E-state index in [4.69, 9.17) is 10.8 Å². The number of nitrogens with one attached hydrogen (secondary N) is 1. The fraction of sp³-hybridized carbons (Fsp3) is 0.800. The summed E-state index contributed by atoms with van der Waals surface area (Å²) in [6.07, 6.45) is -4.96. The molecule has 106 valence electrons. The largest absolute Gasteiger partial charge is 0.480 e. The summed E-state index contributed by atoms with van der Waals surface area (Å²) in [5, 5.41) is 10.7. The minimum absolute atomic E-state index is 0.490. The van der Waals surface area contributed by atoms with Crippen molar-refractivity contribution in [3.05, 3.63) is 0 Å². The SMILES string of the molecule is CC(C)(C)C(NC(=O)C(C)(N)C(F)(F)F)C(=O)O. The Morgan fingerprint density at radius 2 is 1.56 bits per heavy atom. The highest BCUT2D eigenvalue weighted by Gasteiger charge is 2.55. The van der Waals surface area contributed by atoms with Crippen molar-refractivity contribution in [1.82, 2.24) is 5.32 Å². The first kappa shape index (κ1) is 16.7. The number of alkyl halides is 3. The minimum Gasteiger partial charge on any atom is -0.480 e. The Hall–Kier alpha value is -1.31. The molecule has 0 aliphatic carbocycles. The molecule has 5 nitrogen and oxygen atoms in total. The highest BCUT2D eigenvalue weighted by atomic mass is 19.4. The lowest BCUT2D eigenvalue weighted by molar-refractivity contribution is -0.189. The number of hydrogen-bond donors (Lipinski definition) is 3. The first-order chi connectivity index (χ1) is 7.71. The molecule has 0 bridgehead atoms. The molecule has 0 aliphatic rings. The molecule has 0 heterocycles. The van der Waals surface area contributed by atoms with Crippen LogP contribution in [0.3, 0.4) is 0 Å². The summed E-state index contributed by atoms with van der Waals surface area (Å²) >= 11 is 0. The van der Waals surface area contributed by atoms with Gasteiger partial charge in [0.1, 0.15) is 6.04 Å². The Morgan fingerprint density at radius 3 is 1.78 bits per heavy atom. The van der Waals surface area contributed by atoms with Gasteiger partial charge in [-0.25, -0.2) is 4.79 Å². The second-order valence-corrected chi connectivity index (χ2v) is 5.31. The van der Waals surface area contributed by atoms with E-state index >= 15 is 0 Å². The molecule has 2 unspecified atom stereocenters. The van der Waals surface area contributed by atoms with Crippen molar-refractivity contribution in [1.29, 1.82) is 0 Å². The second kappa shape index (κ2) is 4.75. The predicted octanol–water partition coefficient (Wildman–Crippen LogP) is 0.882. The van der Waals surface area contributed by atoms with E-state index in [-0.39, 0.29) is 0 Å². The standard InChI is InChI=1S/C10H17F3N2O3/c1-8(2,3)5(6(16)17)15-7(18)9(4,14)10(11,12)13/h5H,14H2,1-4H3,(H,15,18)(H,16,17). The van der Waals surface area contributed by atoms with Crippen LogP contribution in [0.4, 0.5) is 13.2 Å². The third-order valence-electron chi connectivity index (χ3n) is 2.45. The van der Waals surface area contributed by atoms with Gasteiger partial charge in [-0.2, -0.15) is 13.2 Å². The van der Waals surface area contributed by atoms with E-state index in [1.807, 2.05) is 5.32 Å².